The highest BCUT2D eigenvalue weighted by molar-refractivity contribution is 4.71. The molecule has 0 spiro atoms. The molecule has 0 saturated carbocycles. The van der Waals surface area contributed by atoms with E-state index < -0.39 is 12.1 Å². The van der Waals surface area contributed by atoms with Gasteiger partial charge in [0.05, 0.1) is 0 Å². The zero-order valence-corrected chi connectivity index (χ0v) is 5.66. The van der Waals surface area contributed by atoms with Gasteiger partial charge in [-0.25, -0.2) is 0 Å². The van der Waals surface area contributed by atoms with Crippen molar-refractivity contribution in [2.75, 3.05) is 0 Å². The molecule has 2 N–H and O–H groups in total. The minimum Gasteiger partial charge on any atom is -0.366 e. The van der Waals surface area contributed by atoms with Gasteiger partial charge in [0.15, 0.2) is 12.1 Å². The summed E-state index contributed by atoms with van der Waals surface area (Å²) in [7, 11) is 0. The average Bonchev–Trinajstić information content (AvgIpc) is 1.62. The van der Waals surface area contributed by atoms with Crippen LogP contribution in [0.3, 0.4) is 0 Å². The van der Waals surface area contributed by atoms with E-state index in [1.165, 1.54) is 19.9 Å². The van der Waals surface area contributed by atoms with E-state index in [1.807, 2.05) is 0 Å². The lowest BCUT2D eigenvalue weighted by Crippen LogP contribution is -2.28. The normalized spacial score (nSPS) is 15.1. The van der Waals surface area contributed by atoms with E-state index in [1.54, 1.807) is 0 Å². The SMILES string of the molecule is C=CC(O)OC(C)(C)O. The topological polar surface area (TPSA) is 49.7 Å². The molecule has 0 aromatic heterocycles. The molecule has 0 bridgehead atoms. The Labute approximate surface area is 54.6 Å². The van der Waals surface area contributed by atoms with E-state index in [0.717, 1.165) is 0 Å². The van der Waals surface area contributed by atoms with Crippen molar-refractivity contribution in [3.05, 3.63) is 12.7 Å². The number of hydrogen-bond donors (Lipinski definition) is 2. The molecule has 3 nitrogen and oxygen atoms in total. The molecule has 0 saturated heterocycles. The van der Waals surface area contributed by atoms with Gasteiger partial charge < -0.3 is 14.9 Å². The average molecular weight is 132 g/mol. The van der Waals surface area contributed by atoms with Gasteiger partial charge in [0, 0.05) is 0 Å². The fraction of sp³-hybridized carbons (Fsp3) is 0.667. The predicted octanol–water partition coefficient (Wildman–Crippen LogP) is 0.236. The zero-order chi connectivity index (χ0) is 7.49. The van der Waals surface area contributed by atoms with Crippen molar-refractivity contribution in [2.24, 2.45) is 0 Å². The lowest BCUT2D eigenvalue weighted by atomic mass is 10.4. The van der Waals surface area contributed by atoms with Gasteiger partial charge in [-0.3, -0.25) is 0 Å². The number of hydrogen-bond acceptors (Lipinski definition) is 3. The highest BCUT2D eigenvalue weighted by Gasteiger charge is 2.15. The van der Waals surface area contributed by atoms with Crippen LogP contribution in [0.2, 0.25) is 0 Å². The van der Waals surface area contributed by atoms with Crippen LogP contribution in [-0.4, -0.2) is 22.3 Å². The molecule has 0 fully saturated rings. The summed E-state index contributed by atoms with van der Waals surface area (Å²) in [5, 5.41) is 17.6. The maximum atomic E-state index is 8.89. The number of aliphatic hydroxyl groups is 2. The second kappa shape index (κ2) is 2.96. The molecule has 0 heterocycles. The monoisotopic (exact) mass is 132 g/mol. The molecule has 3 heteroatoms. The summed E-state index contributed by atoms with van der Waals surface area (Å²) in [5.74, 6) is -1.30. The lowest BCUT2D eigenvalue weighted by Gasteiger charge is -2.19. The third-order valence-electron chi connectivity index (χ3n) is 0.611. The van der Waals surface area contributed by atoms with Crippen LogP contribution >= 0.6 is 0 Å². The Hall–Kier alpha value is -0.380. The largest absolute Gasteiger partial charge is 0.366 e. The summed E-state index contributed by atoms with van der Waals surface area (Å²) in [6.45, 7) is 6.12. The van der Waals surface area contributed by atoms with Crippen LogP contribution < -0.4 is 0 Å². The van der Waals surface area contributed by atoms with Crippen molar-refractivity contribution in [3.8, 4) is 0 Å². The summed E-state index contributed by atoms with van der Waals surface area (Å²) in [6, 6.07) is 0. The maximum absolute atomic E-state index is 8.89. The molecule has 0 aromatic carbocycles. The van der Waals surface area contributed by atoms with Crippen molar-refractivity contribution in [1.29, 1.82) is 0 Å². The van der Waals surface area contributed by atoms with Crippen LogP contribution in [0.25, 0.3) is 0 Å². The summed E-state index contributed by atoms with van der Waals surface area (Å²) in [4.78, 5) is 0. The van der Waals surface area contributed by atoms with E-state index >= 15 is 0 Å². The summed E-state index contributed by atoms with van der Waals surface area (Å²) >= 11 is 0. The Morgan fingerprint density at radius 3 is 2.22 bits per heavy atom. The minimum atomic E-state index is -1.30. The second-order valence-corrected chi connectivity index (χ2v) is 2.19. The Morgan fingerprint density at radius 2 is 2.11 bits per heavy atom. The van der Waals surface area contributed by atoms with Crippen LogP contribution in [0.1, 0.15) is 13.8 Å². The van der Waals surface area contributed by atoms with Gasteiger partial charge in [-0.05, 0) is 19.9 Å². The van der Waals surface area contributed by atoms with E-state index in [9.17, 15) is 0 Å². The minimum absolute atomic E-state index is 1.09. The van der Waals surface area contributed by atoms with E-state index in [2.05, 4.69) is 11.3 Å². The van der Waals surface area contributed by atoms with Crippen molar-refractivity contribution in [1.82, 2.24) is 0 Å². The molecule has 1 atom stereocenters. The molecule has 9 heavy (non-hydrogen) atoms. The highest BCUT2D eigenvalue weighted by Crippen LogP contribution is 2.05. The first kappa shape index (κ1) is 8.62. The number of ether oxygens (including phenoxy) is 1. The van der Waals surface area contributed by atoms with Gasteiger partial charge in [-0.1, -0.05) is 6.58 Å². The molecule has 0 aliphatic heterocycles. The second-order valence-electron chi connectivity index (χ2n) is 2.19. The molecule has 0 aliphatic carbocycles. The van der Waals surface area contributed by atoms with Crippen molar-refractivity contribution in [2.45, 2.75) is 25.9 Å². The molecular weight excluding hydrogens is 120 g/mol. The van der Waals surface area contributed by atoms with Gasteiger partial charge in [0.1, 0.15) is 0 Å². The van der Waals surface area contributed by atoms with Crippen LogP contribution in [-0.2, 0) is 4.74 Å². The molecule has 0 aromatic rings. The van der Waals surface area contributed by atoms with E-state index in [-0.39, 0.29) is 0 Å². The Bertz CT molecular complexity index is 93.0. The Balaban J connectivity index is 3.59. The molecule has 1 unspecified atom stereocenters. The van der Waals surface area contributed by atoms with Crippen LogP contribution in [0.15, 0.2) is 12.7 Å². The zero-order valence-electron chi connectivity index (χ0n) is 5.66. The van der Waals surface area contributed by atoms with Gasteiger partial charge >= 0.3 is 0 Å². The summed E-state index contributed by atoms with van der Waals surface area (Å²) < 4.78 is 4.58. The molecule has 0 aliphatic rings. The third kappa shape index (κ3) is 5.49. The first-order valence-corrected chi connectivity index (χ1v) is 2.66. The predicted molar refractivity (Wildman–Crippen MR) is 33.6 cm³/mol. The van der Waals surface area contributed by atoms with Crippen molar-refractivity contribution in [3.63, 3.8) is 0 Å². The van der Waals surface area contributed by atoms with Crippen LogP contribution in [0.4, 0.5) is 0 Å². The van der Waals surface area contributed by atoms with Gasteiger partial charge in [0.2, 0.25) is 0 Å². The maximum Gasteiger partial charge on any atom is 0.177 e. The number of aliphatic hydroxyl groups excluding tert-OH is 1. The van der Waals surface area contributed by atoms with Gasteiger partial charge in [-0.2, -0.15) is 0 Å². The summed E-state index contributed by atoms with van der Waals surface area (Å²) in [6.07, 6.45) is 0.0998. The van der Waals surface area contributed by atoms with Gasteiger partial charge in [0.25, 0.3) is 0 Å². The first-order chi connectivity index (χ1) is 3.95. The fourth-order valence-electron chi connectivity index (χ4n) is 0.344. The highest BCUT2D eigenvalue weighted by atomic mass is 16.7. The van der Waals surface area contributed by atoms with Crippen molar-refractivity contribution >= 4 is 0 Å². The smallest absolute Gasteiger partial charge is 0.177 e. The Morgan fingerprint density at radius 1 is 1.67 bits per heavy atom. The molecule has 0 rings (SSSR count). The molecule has 54 valence electrons. The van der Waals surface area contributed by atoms with Crippen molar-refractivity contribution < 1.29 is 14.9 Å². The van der Waals surface area contributed by atoms with Crippen LogP contribution in [0.5, 0.6) is 0 Å². The standard InChI is InChI=1S/C6H12O3/c1-4-5(7)9-6(2,3)8/h4-5,7-8H,1H2,2-3H3. The number of rotatable bonds is 3. The fourth-order valence-corrected chi connectivity index (χ4v) is 0.344. The molecular formula is C6H12O3. The van der Waals surface area contributed by atoms with Gasteiger partial charge in [-0.15, -0.1) is 0 Å². The third-order valence-corrected chi connectivity index (χ3v) is 0.611. The lowest BCUT2D eigenvalue weighted by molar-refractivity contribution is -0.243. The molecule has 0 amide bonds. The van der Waals surface area contributed by atoms with Crippen LogP contribution in [0, 0.1) is 0 Å². The Kier molecular flexibility index (Phi) is 2.84. The van der Waals surface area contributed by atoms with E-state index in [0.29, 0.717) is 0 Å². The first-order valence-electron chi connectivity index (χ1n) is 2.66. The summed E-state index contributed by atoms with van der Waals surface area (Å²) in [5.41, 5.74) is 0. The molecule has 0 radical (unpaired) electrons. The van der Waals surface area contributed by atoms with E-state index in [4.69, 9.17) is 10.2 Å². The quantitative estimate of drug-likeness (QED) is 0.427.